The Kier molecular flexibility index (Phi) is 2.64. The largest absolute Gasteiger partial charge is 0.339 e. The molecule has 4 nitrogen and oxygen atoms in total. The first-order chi connectivity index (χ1) is 8.74. The molecule has 18 heavy (non-hydrogen) atoms. The van der Waals surface area contributed by atoms with Crippen LogP contribution in [0.25, 0.3) is 11.0 Å². The lowest BCUT2D eigenvalue weighted by Gasteiger charge is -2.07. The third-order valence-corrected chi connectivity index (χ3v) is 3.08. The summed E-state index contributed by atoms with van der Waals surface area (Å²) in [6, 6.07) is 9.53. The van der Waals surface area contributed by atoms with E-state index in [0.29, 0.717) is 5.02 Å². The highest BCUT2D eigenvalue weighted by atomic mass is 35.5. The minimum Gasteiger partial charge on any atom is -0.339 e. The molecule has 5 heteroatoms. The molecule has 0 aliphatic rings. The number of nitrogens with zero attached hydrogens (tertiary/aromatic N) is 3. The number of para-hydroxylation sites is 1. The Morgan fingerprint density at radius 2 is 2.06 bits per heavy atom. The highest BCUT2D eigenvalue weighted by molar-refractivity contribution is 6.33. The van der Waals surface area contributed by atoms with E-state index >= 15 is 0 Å². The number of rotatable bonds is 2. The van der Waals surface area contributed by atoms with Crippen molar-refractivity contribution in [3.05, 3.63) is 47.9 Å². The smallest absolute Gasteiger partial charge is 0.132 e. The zero-order chi connectivity index (χ0) is 12.5. The fourth-order valence-corrected chi connectivity index (χ4v) is 1.98. The summed E-state index contributed by atoms with van der Waals surface area (Å²) in [5.41, 5.74) is 2.75. The molecule has 0 unspecified atom stereocenters. The van der Waals surface area contributed by atoms with Gasteiger partial charge in [-0.1, -0.05) is 23.7 Å². The van der Waals surface area contributed by atoms with Gasteiger partial charge in [0.1, 0.15) is 11.3 Å². The van der Waals surface area contributed by atoms with E-state index < -0.39 is 0 Å². The number of halogens is 1. The van der Waals surface area contributed by atoms with E-state index in [1.54, 1.807) is 12.5 Å². The van der Waals surface area contributed by atoms with Crippen LogP contribution in [0.1, 0.15) is 0 Å². The van der Waals surface area contributed by atoms with Crippen LogP contribution in [0.2, 0.25) is 5.02 Å². The lowest BCUT2D eigenvalue weighted by atomic mass is 10.3. The zero-order valence-corrected chi connectivity index (χ0v) is 10.5. The van der Waals surface area contributed by atoms with Crippen molar-refractivity contribution >= 4 is 34.1 Å². The number of aryl methyl sites for hydroxylation is 1. The third kappa shape index (κ3) is 1.91. The first-order valence-electron chi connectivity index (χ1n) is 5.52. The molecule has 90 valence electrons. The second-order valence-electron chi connectivity index (χ2n) is 4.02. The van der Waals surface area contributed by atoms with Gasteiger partial charge in [-0.05, 0) is 12.1 Å². The van der Waals surface area contributed by atoms with Crippen molar-refractivity contribution in [3.63, 3.8) is 0 Å². The van der Waals surface area contributed by atoms with E-state index in [1.165, 1.54) is 0 Å². The average Bonchev–Trinajstić information content (AvgIpc) is 2.74. The number of fused-ring (bicyclic) bond motifs is 1. The number of hydrogen-bond donors (Lipinski definition) is 1. The Morgan fingerprint density at radius 3 is 2.89 bits per heavy atom. The fourth-order valence-electron chi connectivity index (χ4n) is 1.80. The fraction of sp³-hybridized carbons (Fsp3) is 0.0769. The summed E-state index contributed by atoms with van der Waals surface area (Å²) in [6.45, 7) is 0. The second-order valence-corrected chi connectivity index (χ2v) is 4.43. The van der Waals surface area contributed by atoms with E-state index in [2.05, 4.69) is 15.3 Å². The van der Waals surface area contributed by atoms with Gasteiger partial charge in [-0.15, -0.1) is 0 Å². The second kappa shape index (κ2) is 4.31. The van der Waals surface area contributed by atoms with Crippen molar-refractivity contribution in [3.8, 4) is 0 Å². The maximum Gasteiger partial charge on any atom is 0.132 e. The van der Waals surface area contributed by atoms with Crippen LogP contribution in [0.15, 0.2) is 42.9 Å². The lowest BCUT2D eigenvalue weighted by molar-refractivity contribution is 0.947. The number of benzene rings is 1. The molecular weight excluding hydrogens is 248 g/mol. The van der Waals surface area contributed by atoms with Crippen LogP contribution in [-0.2, 0) is 7.05 Å². The SMILES string of the molecule is Cn1cnc2cnc(Nc3ccccc3Cl)cc21. The Balaban J connectivity index is 2.00. The van der Waals surface area contributed by atoms with E-state index in [4.69, 9.17) is 11.6 Å². The van der Waals surface area contributed by atoms with E-state index in [9.17, 15) is 0 Å². The van der Waals surface area contributed by atoms with Gasteiger partial charge in [0.25, 0.3) is 0 Å². The van der Waals surface area contributed by atoms with Gasteiger partial charge in [0.05, 0.1) is 28.8 Å². The zero-order valence-electron chi connectivity index (χ0n) is 9.76. The van der Waals surface area contributed by atoms with Gasteiger partial charge in [-0.2, -0.15) is 0 Å². The van der Waals surface area contributed by atoms with Crippen molar-refractivity contribution in [2.75, 3.05) is 5.32 Å². The minimum absolute atomic E-state index is 0.671. The van der Waals surface area contributed by atoms with Gasteiger partial charge in [-0.3, -0.25) is 0 Å². The number of pyridine rings is 1. The van der Waals surface area contributed by atoms with Crippen molar-refractivity contribution in [2.45, 2.75) is 0 Å². The van der Waals surface area contributed by atoms with Crippen molar-refractivity contribution in [2.24, 2.45) is 7.05 Å². The van der Waals surface area contributed by atoms with Crippen molar-refractivity contribution in [1.82, 2.24) is 14.5 Å². The Bertz CT molecular complexity index is 705. The first kappa shape index (κ1) is 11.0. The molecule has 1 N–H and O–H groups in total. The Hall–Kier alpha value is -2.07. The van der Waals surface area contributed by atoms with Crippen LogP contribution in [0, 0.1) is 0 Å². The summed E-state index contributed by atoms with van der Waals surface area (Å²) in [5, 5.41) is 3.87. The first-order valence-corrected chi connectivity index (χ1v) is 5.90. The van der Waals surface area contributed by atoms with Crippen LogP contribution < -0.4 is 5.32 Å². The van der Waals surface area contributed by atoms with Crippen molar-refractivity contribution < 1.29 is 0 Å². The number of aromatic nitrogens is 3. The van der Waals surface area contributed by atoms with Gasteiger partial charge in [0.15, 0.2) is 0 Å². The molecule has 1 aromatic carbocycles. The molecule has 2 aromatic heterocycles. The predicted octanol–water partition coefficient (Wildman–Crippen LogP) is 3.37. The number of imidazole rings is 1. The molecule has 0 atom stereocenters. The van der Waals surface area contributed by atoms with Gasteiger partial charge in [-0.25, -0.2) is 9.97 Å². The van der Waals surface area contributed by atoms with Gasteiger partial charge in [0.2, 0.25) is 0 Å². The summed E-state index contributed by atoms with van der Waals surface area (Å²) >= 11 is 6.09. The molecule has 0 bridgehead atoms. The minimum atomic E-state index is 0.671. The quantitative estimate of drug-likeness (QED) is 0.766. The number of anilines is 2. The molecule has 0 fully saturated rings. The molecule has 0 saturated heterocycles. The molecule has 0 aliphatic carbocycles. The van der Waals surface area contributed by atoms with Crippen LogP contribution in [0.3, 0.4) is 0 Å². The van der Waals surface area contributed by atoms with Crippen LogP contribution in [0.4, 0.5) is 11.5 Å². The van der Waals surface area contributed by atoms with Crippen LogP contribution in [-0.4, -0.2) is 14.5 Å². The molecule has 2 heterocycles. The summed E-state index contributed by atoms with van der Waals surface area (Å²) < 4.78 is 1.95. The van der Waals surface area contributed by atoms with Crippen molar-refractivity contribution in [1.29, 1.82) is 0 Å². The predicted molar refractivity (Wildman–Crippen MR) is 73.2 cm³/mol. The maximum absolute atomic E-state index is 6.09. The summed E-state index contributed by atoms with van der Waals surface area (Å²) in [6.07, 6.45) is 3.51. The molecule has 3 aromatic rings. The van der Waals surface area contributed by atoms with E-state index in [-0.39, 0.29) is 0 Å². The Morgan fingerprint density at radius 1 is 1.22 bits per heavy atom. The average molecular weight is 259 g/mol. The van der Waals surface area contributed by atoms with Crippen LogP contribution >= 0.6 is 11.6 Å². The van der Waals surface area contributed by atoms with Gasteiger partial charge >= 0.3 is 0 Å². The molecule has 0 radical (unpaired) electrons. The topological polar surface area (TPSA) is 42.7 Å². The molecular formula is C13H11ClN4. The van der Waals surface area contributed by atoms with Gasteiger partial charge < -0.3 is 9.88 Å². The summed E-state index contributed by atoms with van der Waals surface area (Å²) in [5.74, 6) is 0.749. The molecule has 3 rings (SSSR count). The molecule has 0 saturated carbocycles. The highest BCUT2D eigenvalue weighted by Crippen LogP contribution is 2.25. The van der Waals surface area contributed by atoms with E-state index in [1.807, 2.05) is 41.9 Å². The number of nitrogens with one attached hydrogen (secondary N) is 1. The van der Waals surface area contributed by atoms with Gasteiger partial charge in [0, 0.05) is 13.1 Å². The normalized spacial score (nSPS) is 10.8. The lowest BCUT2D eigenvalue weighted by Crippen LogP contribution is -1.94. The van der Waals surface area contributed by atoms with Crippen LogP contribution in [0.5, 0.6) is 0 Å². The molecule has 0 amide bonds. The highest BCUT2D eigenvalue weighted by Gasteiger charge is 2.04. The molecule has 0 aliphatic heterocycles. The monoisotopic (exact) mass is 258 g/mol. The van der Waals surface area contributed by atoms with E-state index in [0.717, 1.165) is 22.5 Å². The summed E-state index contributed by atoms with van der Waals surface area (Å²) in [4.78, 5) is 8.54. The maximum atomic E-state index is 6.09. The standard InChI is InChI=1S/C13H11ClN4/c1-18-8-16-11-7-15-13(6-12(11)18)17-10-5-3-2-4-9(10)14/h2-8H,1H3,(H,15,17). The summed E-state index contributed by atoms with van der Waals surface area (Å²) in [7, 11) is 1.95. The Labute approximate surface area is 109 Å². The number of hydrogen-bond acceptors (Lipinski definition) is 3. The third-order valence-electron chi connectivity index (χ3n) is 2.75. The molecule has 0 spiro atoms.